The third-order valence-electron chi connectivity index (χ3n) is 2.81. The summed E-state index contributed by atoms with van der Waals surface area (Å²) in [4.78, 5) is 4.51. The Morgan fingerprint density at radius 3 is 2.65 bits per heavy atom. The van der Waals surface area contributed by atoms with E-state index >= 15 is 0 Å². The summed E-state index contributed by atoms with van der Waals surface area (Å²) in [5.74, 6) is 1.45. The first-order chi connectivity index (χ1) is 8.02. The molecule has 1 aromatic heterocycles. The van der Waals surface area contributed by atoms with E-state index in [9.17, 15) is 0 Å². The van der Waals surface area contributed by atoms with E-state index in [1.165, 1.54) is 0 Å². The largest absolute Gasteiger partial charge is 0.491 e. The molecule has 0 bridgehead atoms. The topological polar surface area (TPSA) is 48.1 Å². The Labute approximate surface area is 104 Å². The van der Waals surface area contributed by atoms with Crippen molar-refractivity contribution in [3.05, 3.63) is 23.5 Å². The molecule has 0 saturated carbocycles. The van der Waals surface area contributed by atoms with E-state index in [0.29, 0.717) is 5.92 Å². The van der Waals surface area contributed by atoms with Crippen molar-refractivity contribution in [2.24, 2.45) is 11.7 Å². The predicted molar refractivity (Wildman–Crippen MR) is 71.3 cm³/mol. The van der Waals surface area contributed by atoms with Crippen LogP contribution in [0.5, 0.6) is 5.75 Å². The summed E-state index contributed by atoms with van der Waals surface area (Å²) in [5.41, 5.74) is 7.82. The quantitative estimate of drug-likeness (QED) is 0.826. The molecule has 1 rings (SSSR count). The summed E-state index contributed by atoms with van der Waals surface area (Å²) in [5, 5.41) is 0. The van der Waals surface area contributed by atoms with Gasteiger partial charge in [0.05, 0.1) is 12.3 Å². The zero-order valence-corrected chi connectivity index (χ0v) is 11.4. The monoisotopic (exact) mass is 236 g/mol. The number of nitrogens with two attached hydrogens (primary N) is 1. The highest BCUT2D eigenvalue weighted by molar-refractivity contribution is 5.29. The number of aromatic nitrogens is 1. The molecule has 17 heavy (non-hydrogen) atoms. The summed E-state index contributed by atoms with van der Waals surface area (Å²) in [6.45, 7) is 9.08. The van der Waals surface area contributed by atoms with Crippen LogP contribution in [0.1, 0.15) is 38.6 Å². The van der Waals surface area contributed by atoms with Gasteiger partial charge in [-0.25, -0.2) is 0 Å². The highest BCUT2D eigenvalue weighted by Crippen LogP contribution is 2.19. The van der Waals surface area contributed by atoms with Gasteiger partial charge in [0.1, 0.15) is 5.75 Å². The van der Waals surface area contributed by atoms with Crippen molar-refractivity contribution in [2.45, 2.75) is 46.6 Å². The van der Waals surface area contributed by atoms with Crippen LogP contribution in [0.3, 0.4) is 0 Å². The van der Waals surface area contributed by atoms with Crippen LogP contribution in [0.2, 0.25) is 0 Å². The van der Waals surface area contributed by atoms with Crippen LogP contribution >= 0.6 is 0 Å². The normalized spacial score (nSPS) is 14.4. The molecule has 0 amide bonds. The summed E-state index contributed by atoms with van der Waals surface area (Å²) in [7, 11) is 0. The van der Waals surface area contributed by atoms with Crippen molar-refractivity contribution in [3.8, 4) is 5.75 Å². The molecular formula is C14H24N2O. The minimum Gasteiger partial charge on any atom is -0.491 e. The van der Waals surface area contributed by atoms with Gasteiger partial charge >= 0.3 is 0 Å². The predicted octanol–water partition coefficient (Wildman–Crippen LogP) is 2.70. The summed E-state index contributed by atoms with van der Waals surface area (Å²) in [6.07, 6.45) is 1.89. The van der Waals surface area contributed by atoms with Crippen molar-refractivity contribution >= 4 is 0 Å². The minimum atomic E-state index is 0.107. The van der Waals surface area contributed by atoms with E-state index in [1.807, 2.05) is 26.0 Å². The van der Waals surface area contributed by atoms with Crippen molar-refractivity contribution in [2.75, 3.05) is 6.61 Å². The third kappa shape index (κ3) is 4.73. The van der Waals surface area contributed by atoms with E-state index in [2.05, 4.69) is 18.8 Å². The molecule has 0 radical (unpaired) electrons. The van der Waals surface area contributed by atoms with Crippen LogP contribution in [0.15, 0.2) is 12.1 Å². The van der Waals surface area contributed by atoms with Gasteiger partial charge in [0.25, 0.3) is 0 Å². The fourth-order valence-corrected chi connectivity index (χ4v) is 1.53. The Hall–Kier alpha value is -1.09. The van der Waals surface area contributed by atoms with Gasteiger partial charge in [0.15, 0.2) is 0 Å². The molecule has 0 fully saturated rings. The van der Waals surface area contributed by atoms with Gasteiger partial charge in [-0.2, -0.15) is 0 Å². The molecule has 2 atom stereocenters. The van der Waals surface area contributed by atoms with Crippen LogP contribution in [0.25, 0.3) is 0 Å². The van der Waals surface area contributed by atoms with Crippen LogP contribution in [0.4, 0.5) is 0 Å². The zero-order chi connectivity index (χ0) is 12.8. The zero-order valence-electron chi connectivity index (χ0n) is 11.4. The first-order valence-electron chi connectivity index (χ1n) is 6.37. The average Bonchev–Trinajstić information content (AvgIpc) is 2.26. The van der Waals surface area contributed by atoms with E-state index in [-0.39, 0.29) is 6.04 Å². The first-order valence-corrected chi connectivity index (χ1v) is 6.37. The number of hydrogen-bond acceptors (Lipinski definition) is 3. The third-order valence-corrected chi connectivity index (χ3v) is 2.81. The van der Waals surface area contributed by atoms with E-state index in [0.717, 1.165) is 36.6 Å². The van der Waals surface area contributed by atoms with Gasteiger partial charge in [-0.1, -0.05) is 20.3 Å². The minimum absolute atomic E-state index is 0.107. The van der Waals surface area contributed by atoms with Crippen molar-refractivity contribution in [1.82, 2.24) is 4.98 Å². The number of hydrogen-bond donors (Lipinski definition) is 1. The fourth-order valence-electron chi connectivity index (χ4n) is 1.53. The Bertz CT molecular complexity index is 350. The molecule has 1 heterocycles. The van der Waals surface area contributed by atoms with Crippen molar-refractivity contribution in [3.63, 3.8) is 0 Å². The highest BCUT2D eigenvalue weighted by Gasteiger charge is 2.09. The molecule has 3 nitrogen and oxygen atoms in total. The Morgan fingerprint density at radius 1 is 1.35 bits per heavy atom. The smallest absolute Gasteiger partial charge is 0.140 e. The lowest BCUT2D eigenvalue weighted by atomic mass is 10.1. The maximum absolute atomic E-state index is 5.83. The van der Waals surface area contributed by atoms with Crippen LogP contribution in [-0.2, 0) is 6.42 Å². The molecule has 2 N–H and O–H groups in total. The summed E-state index contributed by atoms with van der Waals surface area (Å²) < 4.78 is 5.83. The Kier molecular flexibility index (Phi) is 5.42. The molecule has 1 aromatic rings. The van der Waals surface area contributed by atoms with Gasteiger partial charge < -0.3 is 10.5 Å². The first kappa shape index (κ1) is 14.0. The Balaban J connectivity index is 2.75. The van der Waals surface area contributed by atoms with E-state index in [1.54, 1.807) is 0 Å². The Morgan fingerprint density at radius 2 is 2.06 bits per heavy atom. The van der Waals surface area contributed by atoms with Crippen LogP contribution in [-0.4, -0.2) is 17.6 Å². The number of nitrogens with zero attached hydrogens (tertiary/aromatic N) is 1. The molecule has 96 valence electrons. The lowest BCUT2D eigenvalue weighted by Crippen LogP contribution is -2.20. The average molecular weight is 236 g/mol. The number of rotatable bonds is 6. The standard InChI is InChI=1S/C14H24N2O/c1-5-10(2)9-17-14-7-6-12(4)16-13(14)8-11(3)15/h6-7,10-11H,5,8-9,15H2,1-4H3. The molecule has 0 aromatic carbocycles. The van der Waals surface area contributed by atoms with Crippen molar-refractivity contribution in [1.29, 1.82) is 0 Å². The van der Waals surface area contributed by atoms with Gasteiger partial charge in [-0.05, 0) is 31.9 Å². The molecule has 0 aliphatic heterocycles. The molecule has 0 aliphatic carbocycles. The summed E-state index contributed by atoms with van der Waals surface area (Å²) >= 11 is 0. The number of ether oxygens (including phenoxy) is 1. The van der Waals surface area contributed by atoms with Gasteiger partial charge in [-0.3, -0.25) is 4.98 Å². The maximum atomic E-state index is 5.83. The van der Waals surface area contributed by atoms with Crippen molar-refractivity contribution < 1.29 is 4.74 Å². The molecular weight excluding hydrogens is 212 g/mol. The summed E-state index contributed by atoms with van der Waals surface area (Å²) in [6, 6.07) is 4.09. The highest BCUT2D eigenvalue weighted by atomic mass is 16.5. The lowest BCUT2D eigenvalue weighted by molar-refractivity contribution is 0.253. The molecule has 0 aliphatic rings. The van der Waals surface area contributed by atoms with Crippen LogP contribution < -0.4 is 10.5 Å². The van der Waals surface area contributed by atoms with Gasteiger partial charge in [-0.15, -0.1) is 0 Å². The van der Waals surface area contributed by atoms with Gasteiger partial charge in [0.2, 0.25) is 0 Å². The molecule has 3 heteroatoms. The van der Waals surface area contributed by atoms with E-state index < -0.39 is 0 Å². The number of aryl methyl sites for hydroxylation is 1. The molecule has 0 spiro atoms. The second-order valence-electron chi connectivity index (χ2n) is 4.90. The van der Waals surface area contributed by atoms with Gasteiger partial charge in [0, 0.05) is 18.2 Å². The molecule has 0 saturated heterocycles. The van der Waals surface area contributed by atoms with Crippen LogP contribution in [0, 0.1) is 12.8 Å². The second kappa shape index (κ2) is 6.60. The van der Waals surface area contributed by atoms with E-state index in [4.69, 9.17) is 10.5 Å². The molecule has 2 unspecified atom stereocenters. The maximum Gasteiger partial charge on any atom is 0.140 e. The second-order valence-corrected chi connectivity index (χ2v) is 4.90. The fraction of sp³-hybridized carbons (Fsp3) is 0.643. The lowest BCUT2D eigenvalue weighted by Gasteiger charge is -2.15. The SMILES string of the molecule is CCC(C)COc1ccc(C)nc1CC(C)N. The number of pyridine rings is 1.